The summed E-state index contributed by atoms with van der Waals surface area (Å²) in [4.78, 5) is 11.1. The average Bonchev–Trinajstić information content (AvgIpc) is 2.31. The SMILES string of the molecule is C=CC(=O)Nc1ccccc1OCCC#N. The largest absolute Gasteiger partial charge is 0.490 e. The number of carbonyl (C=O) groups excluding carboxylic acids is 1. The minimum atomic E-state index is -0.295. The number of amides is 1. The molecule has 0 heterocycles. The Morgan fingerprint density at radius 2 is 2.31 bits per heavy atom. The molecule has 0 bridgehead atoms. The van der Waals surface area contributed by atoms with E-state index in [-0.39, 0.29) is 5.91 Å². The summed E-state index contributed by atoms with van der Waals surface area (Å²) < 4.78 is 5.35. The molecule has 1 amide bonds. The molecule has 0 spiro atoms. The van der Waals surface area contributed by atoms with Crippen molar-refractivity contribution in [3.05, 3.63) is 36.9 Å². The van der Waals surface area contributed by atoms with E-state index in [9.17, 15) is 4.79 Å². The van der Waals surface area contributed by atoms with E-state index in [0.717, 1.165) is 0 Å². The van der Waals surface area contributed by atoms with Gasteiger partial charge in [0.15, 0.2) is 0 Å². The van der Waals surface area contributed by atoms with Crippen LogP contribution in [0.25, 0.3) is 0 Å². The van der Waals surface area contributed by atoms with Crippen molar-refractivity contribution in [2.75, 3.05) is 11.9 Å². The monoisotopic (exact) mass is 216 g/mol. The zero-order valence-corrected chi connectivity index (χ0v) is 8.77. The molecule has 0 radical (unpaired) electrons. The van der Waals surface area contributed by atoms with Crippen LogP contribution in [0.2, 0.25) is 0 Å². The maximum absolute atomic E-state index is 11.1. The number of ether oxygens (including phenoxy) is 1. The molecule has 4 nitrogen and oxygen atoms in total. The van der Waals surface area contributed by atoms with Gasteiger partial charge >= 0.3 is 0 Å². The van der Waals surface area contributed by atoms with Crippen LogP contribution in [0.15, 0.2) is 36.9 Å². The topological polar surface area (TPSA) is 62.1 Å². The molecular formula is C12H12N2O2. The predicted octanol–water partition coefficient (Wildman–Crippen LogP) is 2.10. The van der Waals surface area contributed by atoms with E-state index in [4.69, 9.17) is 10.00 Å². The number of rotatable bonds is 5. The van der Waals surface area contributed by atoms with Crippen molar-refractivity contribution >= 4 is 11.6 Å². The van der Waals surface area contributed by atoms with Crippen molar-refractivity contribution < 1.29 is 9.53 Å². The first-order chi connectivity index (χ1) is 7.77. The van der Waals surface area contributed by atoms with Gasteiger partial charge in [0.05, 0.1) is 18.2 Å². The second-order valence-electron chi connectivity index (χ2n) is 2.95. The molecule has 0 saturated heterocycles. The van der Waals surface area contributed by atoms with Gasteiger partial charge in [0.2, 0.25) is 5.91 Å². The highest BCUT2D eigenvalue weighted by molar-refractivity contribution is 5.99. The molecule has 82 valence electrons. The third kappa shape index (κ3) is 3.46. The Kier molecular flexibility index (Phi) is 4.61. The van der Waals surface area contributed by atoms with Crippen LogP contribution in [0.4, 0.5) is 5.69 Å². The highest BCUT2D eigenvalue weighted by Gasteiger charge is 2.04. The van der Waals surface area contributed by atoms with E-state index in [1.54, 1.807) is 24.3 Å². The summed E-state index contributed by atoms with van der Waals surface area (Å²) >= 11 is 0. The Morgan fingerprint density at radius 1 is 1.56 bits per heavy atom. The number of para-hydroxylation sites is 2. The average molecular weight is 216 g/mol. The third-order valence-electron chi connectivity index (χ3n) is 1.80. The van der Waals surface area contributed by atoms with E-state index in [1.165, 1.54) is 6.08 Å². The summed E-state index contributed by atoms with van der Waals surface area (Å²) in [6, 6.07) is 9.02. The van der Waals surface area contributed by atoms with Gasteiger partial charge < -0.3 is 10.1 Å². The van der Waals surface area contributed by atoms with Crippen molar-refractivity contribution in [3.8, 4) is 11.8 Å². The Hall–Kier alpha value is -2.28. The van der Waals surface area contributed by atoms with Crippen LogP contribution in [0.3, 0.4) is 0 Å². The molecule has 0 aliphatic rings. The van der Waals surface area contributed by atoms with Gasteiger partial charge in [-0.05, 0) is 18.2 Å². The van der Waals surface area contributed by atoms with Gasteiger partial charge in [-0.25, -0.2) is 0 Å². The molecule has 4 heteroatoms. The van der Waals surface area contributed by atoms with Crippen LogP contribution in [-0.2, 0) is 4.79 Å². The molecule has 0 aromatic heterocycles. The molecule has 1 N–H and O–H groups in total. The summed E-state index contributed by atoms with van der Waals surface area (Å²) in [5.41, 5.74) is 0.574. The Bertz CT molecular complexity index is 421. The summed E-state index contributed by atoms with van der Waals surface area (Å²) in [6.45, 7) is 3.67. The lowest BCUT2D eigenvalue weighted by atomic mass is 10.3. The van der Waals surface area contributed by atoms with Crippen LogP contribution in [0.1, 0.15) is 6.42 Å². The number of hydrogen-bond acceptors (Lipinski definition) is 3. The zero-order valence-electron chi connectivity index (χ0n) is 8.77. The first-order valence-electron chi connectivity index (χ1n) is 4.80. The van der Waals surface area contributed by atoms with E-state index in [1.807, 2.05) is 6.07 Å². The smallest absolute Gasteiger partial charge is 0.247 e. The molecule has 1 aromatic rings. The normalized spacial score (nSPS) is 8.94. The summed E-state index contributed by atoms with van der Waals surface area (Å²) in [5.74, 6) is 0.254. The van der Waals surface area contributed by atoms with Crippen molar-refractivity contribution in [2.24, 2.45) is 0 Å². The van der Waals surface area contributed by atoms with Gasteiger partial charge in [-0.15, -0.1) is 0 Å². The summed E-state index contributed by atoms with van der Waals surface area (Å²) in [5, 5.41) is 11.0. The molecule has 0 unspecified atom stereocenters. The predicted molar refractivity (Wildman–Crippen MR) is 61.0 cm³/mol. The summed E-state index contributed by atoms with van der Waals surface area (Å²) in [7, 11) is 0. The minimum Gasteiger partial charge on any atom is -0.490 e. The molecule has 0 atom stereocenters. The van der Waals surface area contributed by atoms with E-state index in [0.29, 0.717) is 24.5 Å². The van der Waals surface area contributed by atoms with Crippen LogP contribution in [0.5, 0.6) is 5.75 Å². The van der Waals surface area contributed by atoms with Gasteiger partial charge in [0.1, 0.15) is 12.4 Å². The van der Waals surface area contributed by atoms with Gasteiger partial charge in [0, 0.05) is 0 Å². The number of carbonyl (C=O) groups is 1. The zero-order chi connectivity index (χ0) is 11.8. The van der Waals surface area contributed by atoms with E-state index >= 15 is 0 Å². The Balaban J connectivity index is 2.71. The van der Waals surface area contributed by atoms with Crippen molar-refractivity contribution in [2.45, 2.75) is 6.42 Å². The lowest BCUT2D eigenvalue weighted by Gasteiger charge is -2.10. The number of nitrogens with one attached hydrogen (secondary N) is 1. The first kappa shape index (κ1) is 11.8. The number of nitriles is 1. The van der Waals surface area contributed by atoms with Crippen molar-refractivity contribution in [1.82, 2.24) is 0 Å². The maximum Gasteiger partial charge on any atom is 0.247 e. The van der Waals surface area contributed by atoms with Gasteiger partial charge in [-0.2, -0.15) is 5.26 Å². The fourth-order valence-corrected chi connectivity index (χ4v) is 1.09. The Labute approximate surface area is 94.1 Å². The lowest BCUT2D eigenvalue weighted by molar-refractivity contribution is -0.111. The minimum absolute atomic E-state index is 0.295. The second-order valence-corrected chi connectivity index (χ2v) is 2.95. The number of anilines is 1. The molecule has 0 fully saturated rings. The molecule has 1 rings (SSSR count). The maximum atomic E-state index is 11.1. The van der Waals surface area contributed by atoms with E-state index < -0.39 is 0 Å². The quantitative estimate of drug-likeness (QED) is 0.605. The van der Waals surface area contributed by atoms with E-state index in [2.05, 4.69) is 11.9 Å². The number of benzene rings is 1. The number of nitrogens with zero attached hydrogens (tertiary/aromatic N) is 1. The molecule has 0 saturated carbocycles. The summed E-state index contributed by atoms with van der Waals surface area (Å²) in [6.07, 6.45) is 1.50. The van der Waals surface area contributed by atoms with Crippen LogP contribution >= 0.6 is 0 Å². The second kappa shape index (κ2) is 6.25. The third-order valence-corrected chi connectivity index (χ3v) is 1.80. The van der Waals surface area contributed by atoms with Crippen molar-refractivity contribution in [3.63, 3.8) is 0 Å². The van der Waals surface area contributed by atoms with Crippen LogP contribution in [-0.4, -0.2) is 12.5 Å². The highest BCUT2D eigenvalue weighted by Crippen LogP contribution is 2.23. The fraction of sp³-hybridized carbons (Fsp3) is 0.167. The lowest BCUT2D eigenvalue weighted by Crippen LogP contribution is -2.09. The fourth-order valence-electron chi connectivity index (χ4n) is 1.09. The molecule has 1 aromatic carbocycles. The highest BCUT2D eigenvalue weighted by atomic mass is 16.5. The molecular weight excluding hydrogens is 204 g/mol. The van der Waals surface area contributed by atoms with Crippen LogP contribution in [0, 0.1) is 11.3 Å². The molecule has 0 aliphatic carbocycles. The van der Waals surface area contributed by atoms with Gasteiger partial charge in [0.25, 0.3) is 0 Å². The van der Waals surface area contributed by atoms with Crippen molar-refractivity contribution in [1.29, 1.82) is 5.26 Å². The Morgan fingerprint density at radius 3 is 3.00 bits per heavy atom. The number of hydrogen-bond donors (Lipinski definition) is 1. The van der Waals surface area contributed by atoms with Crippen LogP contribution < -0.4 is 10.1 Å². The standard InChI is InChI=1S/C12H12N2O2/c1-2-12(15)14-10-6-3-4-7-11(10)16-9-5-8-13/h2-4,6-7H,1,5,9H2,(H,14,15). The molecule has 16 heavy (non-hydrogen) atoms. The van der Waals surface area contributed by atoms with Gasteiger partial charge in [-0.1, -0.05) is 18.7 Å². The van der Waals surface area contributed by atoms with Gasteiger partial charge in [-0.3, -0.25) is 4.79 Å². The first-order valence-corrected chi connectivity index (χ1v) is 4.80. The molecule has 0 aliphatic heterocycles.